The quantitative estimate of drug-likeness (QED) is 0.667. The Morgan fingerprint density at radius 1 is 1.30 bits per heavy atom. The maximum atomic E-state index is 11.4. The summed E-state index contributed by atoms with van der Waals surface area (Å²) in [6.07, 6.45) is 1.87. The highest BCUT2D eigenvalue weighted by atomic mass is 32.2. The van der Waals surface area contributed by atoms with Gasteiger partial charge in [-0.25, -0.2) is 8.42 Å². The number of nitrogens with zero attached hydrogens (tertiary/aromatic N) is 1. The van der Waals surface area contributed by atoms with Gasteiger partial charge in [-0.15, -0.1) is 0 Å². The molecule has 0 aliphatic carbocycles. The summed E-state index contributed by atoms with van der Waals surface area (Å²) in [7, 11) is -3.45. The van der Waals surface area contributed by atoms with Crippen LogP contribution in [0.4, 0.5) is 11.4 Å². The lowest BCUT2D eigenvalue weighted by atomic mass is 9.92. The molecule has 0 bridgehead atoms. The fourth-order valence-corrected chi connectivity index (χ4v) is 2.26. The van der Waals surface area contributed by atoms with E-state index in [1.165, 1.54) is 12.1 Å². The van der Waals surface area contributed by atoms with Gasteiger partial charge in [0.05, 0.1) is 9.82 Å². The number of sulfone groups is 1. The van der Waals surface area contributed by atoms with Gasteiger partial charge < -0.3 is 5.32 Å². The first-order chi connectivity index (χ1) is 9.00. The van der Waals surface area contributed by atoms with Gasteiger partial charge in [0.25, 0.3) is 5.69 Å². The predicted octanol–water partition coefficient (Wildman–Crippen LogP) is 2.85. The summed E-state index contributed by atoms with van der Waals surface area (Å²) in [5.74, 6) is 0. The summed E-state index contributed by atoms with van der Waals surface area (Å²) < 4.78 is 22.8. The number of anilines is 1. The van der Waals surface area contributed by atoms with Gasteiger partial charge >= 0.3 is 0 Å². The van der Waals surface area contributed by atoms with E-state index >= 15 is 0 Å². The molecule has 20 heavy (non-hydrogen) atoms. The van der Waals surface area contributed by atoms with Crippen molar-refractivity contribution in [2.24, 2.45) is 5.41 Å². The summed E-state index contributed by atoms with van der Waals surface area (Å²) in [6.45, 7) is 6.82. The number of rotatable bonds is 5. The zero-order valence-electron chi connectivity index (χ0n) is 12.1. The van der Waals surface area contributed by atoms with Crippen molar-refractivity contribution in [1.82, 2.24) is 0 Å². The molecule has 0 heterocycles. The molecule has 112 valence electrons. The van der Waals surface area contributed by atoms with Gasteiger partial charge in [-0.1, -0.05) is 20.8 Å². The molecule has 0 aliphatic heterocycles. The third kappa shape index (κ3) is 4.80. The minimum atomic E-state index is -3.45. The Labute approximate surface area is 119 Å². The average molecular weight is 300 g/mol. The Morgan fingerprint density at radius 2 is 1.90 bits per heavy atom. The van der Waals surface area contributed by atoms with Crippen LogP contribution in [0.5, 0.6) is 0 Å². The number of nitrogens with one attached hydrogen (secondary N) is 1. The summed E-state index contributed by atoms with van der Waals surface area (Å²) in [4.78, 5) is 10.4. The Bertz CT molecular complexity index is 603. The minimum absolute atomic E-state index is 0.0504. The van der Waals surface area contributed by atoms with Gasteiger partial charge in [0, 0.05) is 18.9 Å². The van der Waals surface area contributed by atoms with Crippen LogP contribution in [0.1, 0.15) is 27.2 Å². The van der Waals surface area contributed by atoms with Crippen LogP contribution in [-0.2, 0) is 9.84 Å². The van der Waals surface area contributed by atoms with Gasteiger partial charge in [0.1, 0.15) is 5.69 Å². The van der Waals surface area contributed by atoms with Crippen LogP contribution in [0.2, 0.25) is 0 Å². The maximum absolute atomic E-state index is 11.4. The molecule has 0 amide bonds. The van der Waals surface area contributed by atoms with E-state index in [-0.39, 0.29) is 16.0 Å². The molecule has 0 saturated carbocycles. The molecule has 0 aliphatic rings. The van der Waals surface area contributed by atoms with Crippen molar-refractivity contribution in [1.29, 1.82) is 0 Å². The Morgan fingerprint density at radius 3 is 2.35 bits per heavy atom. The fraction of sp³-hybridized carbons (Fsp3) is 0.538. The van der Waals surface area contributed by atoms with Crippen LogP contribution < -0.4 is 5.32 Å². The first-order valence-corrected chi connectivity index (χ1v) is 8.12. The first-order valence-electron chi connectivity index (χ1n) is 6.23. The first kappa shape index (κ1) is 16.4. The van der Waals surface area contributed by atoms with Crippen molar-refractivity contribution in [3.63, 3.8) is 0 Å². The van der Waals surface area contributed by atoms with E-state index in [0.29, 0.717) is 12.2 Å². The van der Waals surface area contributed by atoms with Gasteiger partial charge in [-0.3, -0.25) is 10.1 Å². The SMILES string of the molecule is CC(C)(C)CCNc1ccc(S(C)(=O)=O)cc1[N+](=O)[O-]. The molecule has 6 nitrogen and oxygen atoms in total. The lowest BCUT2D eigenvalue weighted by Gasteiger charge is -2.18. The maximum Gasteiger partial charge on any atom is 0.293 e. The second kappa shape index (κ2) is 5.78. The highest BCUT2D eigenvalue weighted by Crippen LogP contribution is 2.28. The second-order valence-electron chi connectivity index (χ2n) is 5.95. The van der Waals surface area contributed by atoms with Crippen LogP contribution in [0.15, 0.2) is 23.1 Å². The molecular weight excluding hydrogens is 280 g/mol. The van der Waals surface area contributed by atoms with E-state index in [9.17, 15) is 18.5 Å². The number of benzene rings is 1. The molecule has 0 fully saturated rings. The third-order valence-electron chi connectivity index (χ3n) is 2.78. The van der Waals surface area contributed by atoms with Crippen molar-refractivity contribution in [3.05, 3.63) is 28.3 Å². The average Bonchev–Trinajstić information content (AvgIpc) is 2.25. The van der Waals surface area contributed by atoms with E-state index < -0.39 is 14.8 Å². The highest BCUT2D eigenvalue weighted by molar-refractivity contribution is 7.90. The van der Waals surface area contributed by atoms with Crippen molar-refractivity contribution >= 4 is 21.2 Å². The molecule has 0 atom stereocenters. The van der Waals surface area contributed by atoms with E-state index in [0.717, 1.165) is 18.7 Å². The minimum Gasteiger partial charge on any atom is -0.379 e. The van der Waals surface area contributed by atoms with Crippen molar-refractivity contribution in [3.8, 4) is 0 Å². The molecule has 0 spiro atoms. The molecule has 0 aromatic heterocycles. The van der Waals surface area contributed by atoms with E-state index in [2.05, 4.69) is 26.1 Å². The molecule has 0 radical (unpaired) electrons. The van der Waals surface area contributed by atoms with Crippen molar-refractivity contribution in [2.75, 3.05) is 18.1 Å². The van der Waals surface area contributed by atoms with Crippen molar-refractivity contribution in [2.45, 2.75) is 32.1 Å². The number of nitro groups is 1. The van der Waals surface area contributed by atoms with E-state index in [4.69, 9.17) is 0 Å². The zero-order valence-corrected chi connectivity index (χ0v) is 13.0. The molecule has 0 unspecified atom stereocenters. The second-order valence-corrected chi connectivity index (χ2v) is 7.96. The normalized spacial score (nSPS) is 12.2. The number of hydrogen-bond acceptors (Lipinski definition) is 5. The van der Waals surface area contributed by atoms with Gasteiger partial charge in [0.15, 0.2) is 9.84 Å². The van der Waals surface area contributed by atoms with Crippen LogP contribution >= 0.6 is 0 Å². The Kier molecular flexibility index (Phi) is 4.75. The lowest BCUT2D eigenvalue weighted by Crippen LogP contribution is -2.13. The predicted molar refractivity (Wildman–Crippen MR) is 78.8 cm³/mol. The molecule has 1 rings (SSSR count). The molecule has 0 saturated heterocycles. The number of nitro benzene ring substituents is 1. The Balaban J connectivity index is 3.00. The molecular formula is C13H20N2O4S. The molecule has 1 aromatic rings. The fourth-order valence-electron chi connectivity index (χ4n) is 1.61. The standard InChI is InChI=1S/C13H20N2O4S/c1-13(2,3)7-8-14-11-6-5-10(20(4,18)19)9-12(11)15(16)17/h5-6,9,14H,7-8H2,1-4H3. The third-order valence-corrected chi connectivity index (χ3v) is 3.89. The lowest BCUT2D eigenvalue weighted by molar-refractivity contribution is -0.384. The van der Waals surface area contributed by atoms with Crippen molar-refractivity contribution < 1.29 is 13.3 Å². The zero-order chi connectivity index (χ0) is 15.6. The molecule has 1 aromatic carbocycles. The van der Waals surface area contributed by atoms with Gasteiger partial charge in [-0.2, -0.15) is 0 Å². The molecule has 1 N–H and O–H groups in total. The largest absolute Gasteiger partial charge is 0.379 e. The van der Waals surface area contributed by atoms with Crippen LogP contribution in [-0.4, -0.2) is 26.1 Å². The van der Waals surface area contributed by atoms with Crippen LogP contribution in [0.25, 0.3) is 0 Å². The smallest absolute Gasteiger partial charge is 0.293 e. The van der Waals surface area contributed by atoms with Crippen LogP contribution in [0.3, 0.4) is 0 Å². The van der Waals surface area contributed by atoms with Crippen LogP contribution in [0, 0.1) is 15.5 Å². The summed E-state index contributed by atoms with van der Waals surface area (Å²) in [5.41, 5.74) is 0.238. The Hall–Kier alpha value is -1.63. The van der Waals surface area contributed by atoms with E-state index in [1.54, 1.807) is 0 Å². The highest BCUT2D eigenvalue weighted by Gasteiger charge is 2.19. The number of hydrogen-bond donors (Lipinski definition) is 1. The van der Waals surface area contributed by atoms with Gasteiger partial charge in [-0.05, 0) is 24.0 Å². The van der Waals surface area contributed by atoms with E-state index in [1.807, 2.05) is 0 Å². The monoisotopic (exact) mass is 300 g/mol. The topological polar surface area (TPSA) is 89.3 Å². The van der Waals surface area contributed by atoms with Gasteiger partial charge in [0.2, 0.25) is 0 Å². The summed E-state index contributed by atoms with van der Waals surface area (Å²) in [5, 5.41) is 14.0. The summed E-state index contributed by atoms with van der Waals surface area (Å²) >= 11 is 0. The molecule has 7 heteroatoms. The summed E-state index contributed by atoms with van der Waals surface area (Å²) in [6, 6.07) is 3.91.